The minimum atomic E-state index is 0.204. The van der Waals surface area contributed by atoms with Crippen LogP contribution in [0.25, 0.3) is 11.3 Å². The van der Waals surface area contributed by atoms with Crippen LogP contribution >= 0.6 is 0 Å². The summed E-state index contributed by atoms with van der Waals surface area (Å²) < 4.78 is 0. The number of hydrogen-bond acceptors (Lipinski definition) is 5. The molecule has 122 valence electrons. The van der Waals surface area contributed by atoms with E-state index in [9.17, 15) is 5.11 Å². The van der Waals surface area contributed by atoms with Gasteiger partial charge in [-0.3, -0.25) is 0 Å². The molecule has 1 fully saturated rings. The minimum absolute atomic E-state index is 0.204. The Bertz CT molecular complexity index is 676. The molecule has 1 saturated heterocycles. The third-order valence-electron chi connectivity index (χ3n) is 4.54. The van der Waals surface area contributed by atoms with Crippen LogP contribution in [0.5, 0.6) is 5.75 Å². The fourth-order valence-electron chi connectivity index (χ4n) is 3.24. The Hall–Kier alpha value is -2.30. The van der Waals surface area contributed by atoms with Gasteiger partial charge in [-0.2, -0.15) is 0 Å². The van der Waals surface area contributed by atoms with Gasteiger partial charge in [0.05, 0.1) is 11.4 Å². The standard InChI is InChI=1S/C18H24N4O/c1-12-7-8-13(2)11-22(10-12)16-9-15(20-21-18(16)19)14-5-3-4-6-17(14)23/h3-6,9,12-13,23H,7-8,10-11H2,1-2H3,(H2,19,21)/t12-,13+. The average molecular weight is 312 g/mol. The van der Waals surface area contributed by atoms with Crippen molar-refractivity contribution >= 4 is 11.5 Å². The molecule has 2 atom stereocenters. The predicted octanol–water partition coefficient (Wildman–Crippen LogP) is 3.30. The first-order valence-corrected chi connectivity index (χ1v) is 8.21. The molecule has 0 unspecified atom stereocenters. The van der Waals surface area contributed by atoms with E-state index in [1.165, 1.54) is 12.8 Å². The van der Waals surface area contributed by atoms with Crippen molar-refractivity contribution < 1.29 is 5.11 Å². The third kappa shape index (κ3) is 3.38. The highest BCUT2D eigenvalue weighted by atomic mass is 16.3. The van der Waals surface area contributed by atoms with Crippen molar-refractivity contribution in [3.63, 3.8) is 0 Å². The zero-order chi connectivity index (χ0) is 16.4. The Kier molecular flexibility index (Phi) is 4.37. The van der Waals surface area contributed by atoms with E-state index in [1.54, 1.807) is 12.1 Å². The van der Waals surface area contributed by atoms with Crippen LogP contribution < -0.4 is 10.6 Å². The topological polar surface area (TPSA) is 75.3 Å². The summed E-state index contributed by atoms with van der Waals surface area (Å²) in [6.07, 6.45) is 2.48. The molecule has 0 radical (unpaired) electrons. The van der Waals surface area contributed by atoms with Crippen molar-refractivity contribution in [2.75, 3.05) is 23.7 Å². The Balaban J connectivity index is 1.99. The predicted molar refractivity (Wildman–Crippen MR) is 93.3 cm³/mol. The number of phenolic OH excluding ortho intramolecular Hbond substituents is 1. The van der Waals surface area contributed by atoms with E-state index in [1.807, 2.05) is 18.2 Å². The van der Waals surface area contributed by atoms with Crippen molar-refractivity contribution in [2.45, 2.75) is 26.7 Å². The summed E-state index contributed by atoms with van der Waals surface area (Å²) in [5.41, 5.74) is 8.34. The van der Waals surface area contributed by atoms with Crippen LogP contribution in [0.3, 0.4) is 0 Å². The first-order valence-electron chi connectivity index (χ1n) is 8.21. The van der Waals surface area contributed by atoms with Crippen molar-refractivity contribution in [2.24, 2.45) is 11.8 Å². The summed E-state index contributed by atoms with van der Waals surface area (Å²) in [5, 5.41) is 18.3. The van der Waals surface area contributed by atoms with Crippen LogP contribution in [0.15, 0.2) is 30.3 Å². The molecule has 0 aliphatic carbocycles. The molecule has 0 saturated carbocycles. The molecule has 0 spiro atoms. The van der Waals surface area contributed by atoms with E-state index in [0.29, 0.717) is 28.9 Å². The highest BCUT2D eigenvalue weighted by Crippen LogP contribution is 2.33. The van der Waals surface area contributed by atoms with Crippen LogP contribution in [0.2, 0.25) is 0 Å². The van der Waals surface area contributed by atoms with E-state index in [4.69, 9.17) is 5.73 Å². The fourth-order valence-corrected chi connectivity index (χ4v) is 3.24. The van der Waals surface area contributed by atoms with Crippen LogP contribution in [0, 0.1) is 11.8 Å². The van der Waals surface area contributed by atoms with E-state index in [0.717, 1.165) is 18.8 Å². The summed E-state index contributed by atoms with van der Waals surface area (Å²) in [7, 11) is 0. The second kappa shape index (κ2) is 6.44. The maximum absolute atomic E-state index is 10.1. The molecule has 5 nitrogen and oxygen atoms in total. The van der Waals surface area contributed by atoms with Crippen molar-refractivity contribution in [3.05, 3.63) is 30.3 Å². The highest BCUT2D eigenvalue weighted by Gasteiger charge is 2.22. The molecule has 3 rings (SSSR count). The minimum Gasteiger partial charge on any atom is -0.507 e. The zero-order valence-electron chi connectivity index (χ0n) is 13.7. The molecular weight excluding hydrogens is 288 g/mol. The Morgan fingerprint density at radius 1 is 1.09 bits per heavy atom. The lowest BCUT2D eigenvalue weighted by Crippen LogP contribution is -2.30. The number of aromatic nitrogens is 2. The summed E-state index contributed by atoms with van der Waals surface area (Å²) in [5.74, 6) is 1.91. The monoisotopic (exact) mass is 312 g/mol. The lowest BCUT2D eigenvalue weighted by molar-refractivity contribution is 0.477. The number of hydrogen-bond donors (Lipinski definition) is 2. The van der Waals surface area contributed by atoms with E-state index >= 15 is 0 Å². The largest absolute Gasteiger partial charge is 0.507 e. The van der Waals surface area contributed by atoms with E-state index < -0.39 is 0 Å². The third-order valence-corrected chi connectivity index (χ3v) is 4.54. The fraction of sp³-hybridized carbons (Fsp3) is 0.444. The molecule has 3 N–H and O–H groups in total. The van der Waals surface area contributed by atoms with Crippen LogP contribution in [0.4, 0.5) is 11.5 Å². The number of phenols is 1. The smallest absolute Gasteiger partial charge is 0.169 e. The summed E-state index contributed by atoms with van der Waals surface area (Å²) in [6, 6.07) is 9.11. The van der Waals surface area contributed by atoms with E-state index in [2.05, 4.69) is 28.9 Å². The molecule has 5 heteroatoms. The van der Waals surface area contributed by atoms with Gasteiger partial charge >= 0.3 is 0 Å². The van der Waals surface area contributed by atoms with Gasteiger partial charge in [0.15, 0.2) is 5.82 Å². The van der Waals surface area contributed by atoms with Crippen molar-refractivity contribution in [3.8, 4) is 17.0 Å². The maximum atomic E-state index is 10.1. The van der Waals surface area contributed by atoms with E-state index in [-0.39, 0.29) is 5.75 Å². The molecule has 23 heavy (non-hydrogen) atoms. The Morgan fingerprint density at radius 2 is 1.74 bits per heavy atom. The van der Waals surface area contributed by atoms with Crippen molar-refractivity contribution in [1.82, 2.24) is 10.2 Å². The molecule has 0 amide bonds. The van der Waals surface area contributed by atoms with Gasteiger partial charge in [-0.15, -0.1) is 10.2 Å². The molecule has 1 aromatic heterocycles. The number of nitrogens with zero attached hydrogens (tertiary/aromatic N) is 3. The van der Waals surface area contributed by atoms with Gasteiger partial charge in [-0.25, -0.2) is 0 Å². The van der Waals surface area contributed by atoms with Crippen LogP contribution in [0.1, 0.15) is 26.7 Å². The highest BCUT2D eigenvalue weighted by molar-refractivity contribution is 5.74. The van der Waals surface area contributed by atoms with Gasteiger partial charge in [0.25, 0.3) is 0 Å². The molecule has 2 heterocycles. The van der Waals surface area contributed by atoms with Gasteiger partial charge in [-0.05, 0) is 42.9 Å². The molecule has 1 aliphatic heterocycles. The molecular formula is C18H24N4O. The molecule has 2 aromatic rings. The zero-order valence-corrected chi connectivity index (χ0v) is 13.7. The molecule has 1 aliphatic rings. The first-order chi connectivity index (χ1) is 11.0. The number of nitrogen functional groups attached to an aromatic ring is 1. The lowest BCUT2D eigenvalue weighted by Gasteiger charge is -2.27. The lowest BCUT2D eigenvalue weighted by atomic mass is 10.0. The first kappa shape index (κ1) is 15.6. The van der Waals surface area contributed by atoms with Crippen LogP contribution in [-0.4, -0.2) is 28.4 Å². The number of nitrogens with two attached hydrogens (primary N) is 1. The number of anilines is 2. The summed E-state index contributed by atoms with van der Waals surface area (Å²) >= 11 is 0. The second-order valence-electron chi connectivity index (χ2n) is 6.71. The van der Waals surface area contributed by atoms with Gasteiger partial charge in [-0.1, -0.05) is 26.0 Å². The summed E-state index contributed by atoms with van der Waals surface area (Å²) in [6.45, 7) is 6.50. The van der Waals surface area contributed by atoms with Crippen LogP contribution in [-0.2, 0) is 0 Å². The van der Waals surface area contributed by atoms with Crippen molar-refractivity contribution in [1.29, 1.82) is 0 Å². The number of para-hydroxylation sites is 1. The molecule has 1 aromatic carbocycles. The van der Waals surface area contributed by atoms with Gasteiger partial charge < -0.3 is 15.7 Å². The Labute approximate surface area is 137 Å². The Morgan fingerprint density at radius 3 is 2.39 bits per heavy atom. The SMILES string of the molecule is C[C@@H]1CC[C@H](C)CN(c2cc(-c3ccccc3O)nnc2N)C1. The number of aromatic hydroxyl groups is 1. The van der Waals surface area contributed by atoms with Gasteiger partial charge in [0.2, 0.25) is 0 Å². The van der Waals surface area contributed by atoms with Gasteiger partial charge in [0, 0.05) is 18.7 Å². The molecule has 0 bridgehead atoms. The number of benzene rings is 1. The second-order valence-corrected chi connectivity index (χ2v) is 6.71. The normalized spacial score (nSPS) is 21.9. The quantitative estimate of drug-likeness (QED) is 0.890. The maximum Gasteiger partial charge on any atom is 0.169 e. The number of rotatable bonds is 2. The average Bonchev–Trinajstić information content (AvgIpc) is 2.70. The summed E-state index contributed by atoms with van der Waals surface area (Å²) in [4.78, 5) is 2.32. The van der Waals surface area contributed by atoms with Gasteiger partial charge in [0.1, 0.15) is 5.75 Å².